The number of aliphatic imine (C=N–C) groups is 1. The fourth-order valence-electron chi connectivity index (χ4n) is 2.80. The van der Waals surface area contributed by atoms with E-state index in [1.807, 2.05) is 19.1 Å². The van der Waals surface area contributed by atoms with Crippen molar-refractivity contribution in [1.82, 2.24) is 0 Å². The fraction of sp³-hybridized carbons (Fsp3) is 0.136. The van der Waals surface area contributed by atoms with E-state index >= 15 is 0 Å². The van der Waals surface area contributed by atoms with Crippen molar-refractivity contribution in [2.45, 2.75) is 13.8 Å². The number of nitro benzene ring substituents is 2. The summed E-state index contributed by atoms with van der Waals surface area (Å²) in [5.74, 6) is 0.421. The van der Waals surface area contributed by atoms with Crippen LogP contribution in [0.5, 0.6) is 17.2 Å². The Balaban J connectivity index is 1.93. The first-order chi connectivity index (χ1) is 15.3. The van der Waals surface area contributed by atoms with Gasteiger partial charge in [-0.05, 0) is 61.4 Å². The largest absolute Gasteiger partial charge is 0.490 e. The topological polar surface area (TPSA) is 117 Å². The number of ether oxygens (including phenoxy) is 2. The third kappa shape index (κ3) is 5.19. The third-order valence-electron chi connectivity index (χ3n) is 4.43. The second-order valence-electron chi connectivity index (χ2n) is 6.55. The number of hydrogen-bond acceptors (Lipinski definition) is 7. The van der Waals surface area contributed by atoms with Gasteiger partial charge < -0.3 is 9.47 Å². The lowest BCUT2D eigenvalue weighted by Crippen LogP contribution is -1.99. The van der Waals surface area contributed by atoms with Crippen molar-refractivity contribution >= 4 is 34.9 Å². The highest BCUT2D eigenvalue weighted by Gasteiger charge is 2.22. The monoisotopic (exact) mass is 455 g/mol. The van der Waals surface area contributed by atoms with E-state index in [0.29, 0.717) is 22.9 Å². The predicted molar refractivity (Wildman–Crippen MR) is 121 cm³/mol. The van der Waals surface area contributed by atoms with Crippen LogP contribution in [0.25, 0.3) is 0 Å². The Hall–Kier alpha value is -3.98. The van der Waals surface area contributed by atoms with Crippen molar-refractivity contribution in [3.05, 3.63) is 91.0 Å². The zero-order chi connectivity index (χ0) is 23.3. The average molecular weight is 456 g/mol. The number of non-ortho nitro benzene ring substituents is 1. The first-order valence-corrected chi connectivity index (χ1v) is 9.84. The summed E-state index contributed by atoms with van der Waals surface area (Å²) in [6.45, 7) is 3.98. The summed E-state index contributed by atoms with van der Waals surface area (Å²) < 4.78 is 11.3. The van der Waals surface area contributed by atoms with Gasteiger partial charge >= 0.3 is 5.69 Å². The summed E-state index contributed by atoms with van der Waals surface area (Å²) in [4.78, 5) is 25.3. The van der Waals surface area contributed by atoms with Crippen molar-refractivity contribution in [2.75, 3.05) is 6.61 Å². The molecule has 3 rings (SSSR count). The van der Waals surface area contributed by atoms with Crippen LogP contribution in [0.3, 0.4) is 0 Å². The Bertz CT molecular complexity index is 1210. The SMILES string of the molecule is CCOc1cc(C=Nc2cccc(Cl)c2C)ccc1Oc1ccc([N+](=O)[O-])cc1[N+](=O)[O-]. The van der Waals surface area contributed by atoms with E-state index in [4.69, 9.17) is 21.1 Å². The van der Waals surface area contributed by atoms with Gasteiger partial charge in [-0.15, -0.1) is 0 Å². The molecule has 0 aliphatic heterocycles. The van der Waals surface area contributed by atoms with Crippen LogP contribution >= 0.6 is 11.6 Å². The minimum Gasteiger partial charge on any atom is -0.490 e. The predicted octanol–water partition coefficient (Wildman–Crippen LogP) is 6.41. The molecule has 0 fully saturated rings. The Labute approximate surface area is 188 Å². The molecule has 0 amide bonds. The van der Waals surface area contributed by atoms with E-state index in [0.717, 1.165) is 23.4 Å². The van der Waals surface area contributed by atoms with E-state index in [1.54, 1.807) is 37.4 Å². The average Bonchev–Trinajstić information content (AvgIpc) is 2.76. The van der Waals surface area contributed by atoms with Crippen LogP contribution in [0, 0.1) is 27.2 Å². The standard InChI is InChI=1S/C22H18ClN3O6/c1-3-31-22-11-15(13-24-18-6-4-5-17(23)14(18)2)7-9-21(22)32-20-10-8-16(25(27)28)12-19(20)26(29)30/h4-13H,3H2,1-2H3. The van der Waals surface area contributed by atoms with Crippen molar-refractivity contribution in [3.8, 4) is 17.2 Å². The van der Waals surface area contributed by atoms with Crippen molar-refractivity contribution < 1.29 is 19.3 Å². The van der Waals surface area contributed by atoms with Gasteiger partial charge in [0.25, 0.3) is 5.69 Å². The molecule has 0 N–H and O–H groups in total. The summed E-state index contributed by atoms with van der Waals surface area (Å²) in [5, 5.41) is 22.9. The summed E-state index contributed by atoms with van der Waals surface area (Å²) >= 11 is 6.13. The molecular formula is C22H18ClN3O6. The molecule has 0 saturated heterocycles. The quantitative estimate of drug-likeness (QED) is 0.220. The Morgan fingerprint density at radius 3 is 2.44 bits per heavy atom. The second-order valence-corrected chi connectivity index (χ2v) is 6.96. The molecule has 9 nitrogen and oxygen atoms in total. The lowest BCUT2D eigenvalue weighted by atomic mass is 10.2. The number of nitro groups is 2. The summed E-state index contributed by atoms with van der Waals surface area (Å²) in [6, 6.07) is 13.6. The molecule has 0 aliphatic rings. The maximum absolute atomic E-state index is 11.4. The van der Waals surface area contributed by atoms with E-state index in [9.17, 15) is 20.2 Å². The highest BCUT2D eigenvalue weighted by molar-refractivity contribution is 6.31. The molecule has 10 heteroatoms. The van der Waals surface area contributed by atoms with Crippen LogP contribution in [-0.2, 0) is 0 Å². The molecule has 0 radical (unpaired) electrons. The lowest BCUT2D eigenvalue weighted by molar-refractivity contribution is -0.394. The highest BCUT2D eigenvalue weighted by Crippen LogP contribution is 2.38. The van der Waals surface area contributed by atoms with E-state index in [2.05, 4.69) is 4.99 Å². The maximum Gasteiger partial charge on any atom is 0.318 e. The van der Waals surface area contributed by atoms with Gasteiger partial charge in [0, 0.05) is 17.3 Å². The van der Waals surface area contributed by atoms with Crippen molar-refractivity contribution in [1.29, 1.82) is 0 Å². The minimum atomic E-state index is -0.739. The zero-order valence-corrected chi connectivity index (χ0v) is 17.9. The number of hydrogen-bond donors (Lipinski definition) is 0. The molecule has 0 bridgehead atoms. The molecule has 0 heterocycles. The van der Waals surface area contributed by atoms with Crippen LogP contribution in [0.1, 0.15) is 18.1 Å². The van der Waals surface area contributed by atoms with E-state index in [1.165, 1.54) is 6.07 Å². The third-order valence-corrected chi connectivity index (χ3v) is 4.84. The Morgan fingerprint density at radius 1 is 1.00 bits per heavy atom. The molecule has 0 spiro atoms. The minimum absolute atomic E-state index is 0.141. The van der Waals surface area contributed by atoms with E-state index in [-0.39, 0.29) is 11.5 Å². The van der Waals surface area contributed by atoms with Gasteiger partial charge in [-0.2, -0.15) is 0 Å². The molecule has 3 aromatic rings. The van der Waals surface area contributed by atoms with Gasteiger partial charge in [-0.1, -0.05) is 17.7 Å². The van der Waals surface area contributed by atoms with Gasteiger partial charge in [0.2, 0.25) is 5.75 Å². The summed E-state index contributed by atoms with van der Waals surface area (Å²) in [5.41, 5.74) is 1.34. The maximum atomic E-state index is 11.4. The zero-order valence-electron chi connectivity index (χ0n) is 17.1. The molecule has 0 atom stereocenters. The van der Waals surface area contributed by atoms with Crippen LogP contribution in [-0.4, -0.2) is 22.7 Å². The smallest absolute Gasteiger partial charge is 0.318 e. The number of halogens is 1. The van der Waals surface area contributed by atoms with Gasteiger partial charge in [0.05, 0.1) is 28.2 Å². The van der Waals surface area contributed by atoms with Gasteiger partial charge in [0.15, 0.2) is 11.5 Å². The molecule has 32 heavy (non-hydrogen) atoms. The molecule has 164 valence electrons. The van der Waals surface area contributed by atoms with Gasteiger partial charge in [-0.25, -0.2) is 0 Å². The van der Waals surface area contributed by atoms with Crippen molar-refractivity contribution in [3.63, 3.8) is 0 Å². The molecule has 0 saturated carbocycles. The highest BCUT2D eigenvalue weighted by atomic mass is 35.5. The fourth-order valence-corrected chi connectivity index (χ4v) is 2.97. The molecule has 0 unspecified atom stereocenters. The first-order valence-electron chi connectivity index (χ1n) is 9.47. The number of benzene rings is 3. The second kappa shape index (κ2) is 9.88. The van der Waals surface area contributed by atoms with Crippen LogP contribution in [0.15, 0.2) is 59.6 Å². The molecular weight excluding hydrogens is 438 g/mol. The number of rotatable bonds is 8. The lowest BCUT2D eigenvalue weighted by Gasteiger charge is -2.12. The van der Waals surface area contributed by atoms with Gasteiger partial charge in [-0.3, -0.25) is 25.2 Å². The normalized spacial score (nSPS) is 10.8. The van der Waals surface area contributed by atoms with Gasteiger partial charge in [0.1, 0.15) is 0 Å². The molecule has 3 aromatic carbocycles. The molecule has 0 aliphatic carbocycles. The first kappa shape index (κ1) is 22.7. The van der Waals surface area contributed by atoms with Crippen LogP contribution in [0.2, 0.25) is 5.02 Å². The van der Waals surface area contributed by atoms with E-state index < -0.39 is 21.2 Å². The number of nitrogens with zero attached hydrogens (tertiary/aromatic N) is 3. The Kier molecular flexibility index (Phi) is 7.01. The Morgan fingerprint density at radius 2 is 1.75 bits per heavy atom. The van der Waals surface area contributed by atoms with Crippen LogP contribution < -0.4 is 9.47 Å². The van der Waals surface area contributed by atoms with Crippen molar-refractivity contribution in [2.24, 2.45) is 4.99 Å². The molecule has 0 aromatic heterocycles. The summed E-state index contributed by atoms with van der Waals surface area (Å²) in [6.07, 6.45) is 1.64. The van der Waals surface area contributed by atoms with Crippen LogP contribution in [0.4, 0.5) is 17.1 Å². The summed E-state index contributed by atoms with van der Waals surface area (Å²) in [7, 11) is 0.